The molecule has 0 aromatic heterocycles. The van der Waals surface area contributed by atoms with E-state index >= 15 is 0 Å². The van der Waals surface area contributed by atoms with E-state index < -0.39 is 5.41 Å². The van der Waals surface area contributed by atoms with Gasteiger partial charge < -0.3 is 4.90 Å². The van der Waals surface area contributed by atoms with E-state index in [0.29, 0.717) is 12.5 Å². The molecule has 2 unspecified atom stereocenters. The lowest BCUT2D eigenvalue weighted by molar-refractivity contribution is 0.730. The van der Waals surface area contributed by atoms with Crippen molar-refractivity contribution < 1.29 is 0 Å². The highest BCUT2D eigenvalue weighted by atomic mass is 35.5. The lowest BCUT2D eigenvalue weighted by Crippen LogP contribution is -2.28. The van der Waals surface area contributed by atoms with Crippen molar-refractivity contribution in [1.29, 1.82) is 0 Å². The maximum Gasteiger partial charge on any atom is 0.0720 e. The summed E-state index contributed by atoms with van der Waals surface area (Å²) < 4.78 is 0. The van der Waals surface area contributed by atoms with Crippen LogP contribution in [0.5, 0.6) is 0 Å². The fourth-order valence-corrected chi connectivity index (χ4v) is 9.69. The Bertz CT molecular complexity index is 2690. The van der Waals surface area contributed by atoms with Gasteiger partial charge in [0.05, 0.1) is 5.41 Å². The largest absolute Gasteiger partial charge is 0.338 e. The van der Waals surface area contributed by atoms with E-state index in [0.717, 1.165) is 23.4 Å². The standard InChI is InChI=1S/C51H38ClN/c1-34-12-11-21-49-50(34)43-18-8-10-20-47(43)51(49)46-19-9-7-17-42(46)45(33-52)48(51)30-31-53(39-27-24-36(25-28-39)35-13-3-2-4-14-35)40-29-26-38-23-22-37-15-5-6-16-41(37)44(38)32-40/h2-11,13-30,32-34H,12,31H2,1H3/b45-33-,48-30+. The molecule has 0 fully saturated rings. The van der Waals surface area contributed by atoms with Gasteiger partial charge in [0.1, 0.15) is 0 Å². The quantitative estimate of drug-likeness (QED) is 0.162. The Morgan fingerprint density at radius 1 is 0.642 bits per heavy atom. The molecule has 53 heavy (non-hydrogen) atoms. The van der Waals surface area contributed by atoms with Gasteiger partial charge in [0.15, 0.2) is 0 Å². The Labute approximate surface area is 316 Å². The van der Waals surface area contributed by atoms with Gasteiger partial charge in [-0.1, -0.05) is 170 Å². The molecule has 7 aromatic rings. The van der Waals surface area contributed by atoms with Crippen molar-refractivity contribution >= 4 is 55.7 Å². The lowest BCUT2D eigenvalue weighted by atomic mass is 9.68. The number of hydrogen-bond donors (Lipinski definition) is 0. The zero-order chi connectivity index (χ0) is 35.5. The summed E-state index contributed by atoms with van der Waals surface area (Å²) in [6, 6.07) is 57.7. The van der Waals surface area contributed by atoms with Crippen LogP contribution >= 0.6 is 11.6 Å². The molecule has 0 radical (unpaired) electrons. The molecule has 2 heteroatoms. The molecule has 0 heterocycles. The predicted molar refractivity (Wildman–Crippen MR) is 226 cm³/mol. The Morgan fingerprint density at radius 3 is 2.06 bits per heavy atom. The Morgan fingerprint density at radius 2 is 1.26 bits per heavy atom. The Kier molecular flexibility index (Phi) is 7.60. The molecule has 2 atom stereocenters. The molecule has 254 valence electrons. The molecule has 3 aliphatic rings. The van der Waals surface area contributed by atoms with Crippen LogP contribution in [-0.2, 0) is 5.41 Å². The van der Waals surface area contributed by atoms with Crippen LogP contribution in [0.2, 0.25) is 0 Å². The summed E-state index contributed by atoms with van der Waals surface area (Å²) >= 11 is 6.92. The molecule has 0 N–H and O–H groups in total. The maximum atomic E-state index is 6.92. The number of fused-ring (bicyclic) bond motifs is 9. The minimum atomic E-state index is -0.448. The second-order valence-corrected chi connectivity index (χ2v) is 14.8. The van der Waals surface area contributed by atoms with Gasteiger partial charge in [-0.25, -0.2) is 0 Å². The van der Waals surface area contributed by atoms with Crippen molar-refractivity contribution in [2.45, 2.75) is 18.8 Å². The highest BCUT2D eigenvalue weighted by Gasteiger charge is 2.54. The van der Waals surface area contributed by atoms with Crippen molar-refractivity contribution in [3.63, 3.8) is 0 Å². The van der Waals surface area contributed by atoms with Crippen LogP contribution in [0, 0.1) is 5.92 Å². The van der Waals surface area contributed by atoms with Crippen LogP contribution in [0.25, 0.3) is 43.8 Å². The van der Waals surface area contributed by atoms with Gasteiger partial charge in [-0.3, -0.25) is 0 Å². The van der Waals surface area contributed by atoms with Crippen molar-refractivity contribution in [2.75, 3.05) is 11.4 Å². The first-order chi connectivity index (χ1) is 26.2. The molecular weight excluding hydrogens is 662 g/mol. The van der Waals surface area contributed by atoms with E-state index in [1.54, 1.807) is 0 Å². The van der Waals surface area contributed by atoms with Crippen LogP contribution in [0.4, 0.5) is 11.4 Å². The van der Waals surface area contributed by atoms with Gasteiger partial charge in [-0.05, 0) is 114 Å². The number of allylic oxidation sites excluding steroid dienone is 6. The van der Waals surface area contributed by atoms with E-state index in [4.69, 9.17) is 11.6 Å². The number of halogens is 1. The van der Waals surface area contributed by atoms with Gasteiger partial charge in [0.25, 0.3) is 0 Å². The van der Waals surface area contributed by atoms with Crippen LogP contribution in [0.1, 0.15) is 35.6 Å². The zero-order valence-corrected chi connectivity index (χ0v) is 30.4. The second kappa shape index (κ2) is 12.7. The number of benzene rings is 7. The zero-order valence-electron chi connectivity index (χ0n) is 29.6. The fraction of sp³-hybridized carbons (Fsp3) is 0.0980. The third-order valence-corrected chi connectivity index (χ3v) is 12.0. The molecule has 3 aliphatic carbocycles. The van der Waals surface area contributed by atoms with E-state index in [9.17, 15) is 0 Å². The average molecular weight is 700 g/mol. The summed E-state index contributed by atoms with van der Waals surface area (Å²) in [5.41, 5.74) is 16.5. The molecular formula is C51H38ClN. The molecule has 1 spiro atoms. The summed E-state index contributed by atoms with van der Waals surface area (Å²) in [4.78, 5) is 2.46. The predicted octanol–water partition coefficient (Wildman–Crippen LogP) is 13.7. The number of rotatable bonds is 5. The molecule has 7 aromatic carbocycles. The van der Waals surface area contributed by atoms with E-state index in [1.165, 1.54) is 71.6 Å². The number of nitrogens with zero attached hydrogens (tertiary/aromatic N) is 1. The van der Waals surface area contributed by atoms with E-state index in [1.807, 2.05) is 5.54 Å². The molecule has 0 bridgehead atoms. The monoisotopic (exact) mass is 699 g/mol. The third-order valence-electron chi connectivity index (χ3n) is 11.8. The first kappa shape index (κ1) is 31.8. The minimum Gasteiger partial charge on any atom is -0.338 e. The number of hydrogen-bond acceptors (Lipinski definition) is 1. The average Bonchev–Trinajstić information content (AvgIpc) is 3.68. The van der Waals surface area contributed by atoms with Crippen LogP contribution in [-0.4, -0.2) is 6.54 Å². The van der Waals surface area contributed by atoms with Gasteiger partial charge in [0.2, 0.25) is 0 Å². The normalized spacial score (nSPS) is 20.1. The first-order valence-corrected chi connectivity index (χ1v) is 19.1. The third kappa shape index (κ3) is 4.84. The molecule has 0 aliphatic heterocycles. The van der Waals surface area contributed by atoms with Crippen LogP contribution in [0.3, 0.4) is 0 Å². The van der Waals surface area contributed by atoms with Gasteiger partial charge >= 0.3 is 0 Å². The minimum absolute atomic E-state index is 0.431. The van der Waals surface area contributed by atoms with Gasteiger partial charge in [-0.2, -0.15) is 0 Å². The molecule has 0 amide bonds. The molecule has 0 saturated heterocycles. The summed E-state index contributed by atoms with van der Waals surface area (Å²) in [5.74, 6) is 0.431. The topological polar surface area (TPSA) is 3.24 Å². The highest BCUT2D eigenvalue weighted by molar-refractivity contribution is 6.30. The summed E-state index contributed by atoms with van der Waals surface area (Å²) in [6.45, 7) is 3.03. The van der Waals surface area contributed by atoms with Gasteiger partial charge in [-0.15, -0.1) is 0 Å². The summed E-state index contributed by atoms with van der Waals surface area (Å²) in [5, 5.41) is 5.01. The highest BCUT2D eigenvalue weighted by Crippen LogP contribution is 2.64. The van der Waals surface area contributed by atoms with Crippen molar-refractivity contribution in [3.05, 3.63) is 215 Å². The summed E-state index contributed by atoms with van der Waals surface area (Å²) in [6.07, 6.45) is 8.30. The summed E-state index contributed by atoms with van der Waals surface area (Å²) in [7, 11) is 0. The molecule has 1 nitrogen and oxygen atoms in total. The van der Waals surface area contributed by atoms with Crippen LogP contribution < -0.4 is 4.90 Å². The first-order valence-electron chi connectivity index (χ1n) is 18.6. The second-order valence-electron chi connectivity index (χ2n) is 14.6. The smallest absolute Gasteiger partial charge is 0.0720 e. The Hall–Kier alpha value is -5.89. The van der Waals surface area contributed by atoms with Crippen molar-refractivity contribution in [3.8, 4) is 11.1 Å². The fourth-order valence-electron chi connectivity index (χ4n) is 9.45. The Balaban J connectivity index is 1.18. The van der Waals surface area contributed by atoms with Gasteiger partial charge in [0, 0.05) is 23.5 Å². The van der Waals surface area contributed by atoms with E-state index in [2.05, 4.69) is 188 Å². The van der Waals surface area contributed by atoms with Crippen molar-refractivity contribution in [2.24, 2.45) is 5.92 Å². The maximum absolute atomic E-state index is 6.92. The number of anilines is 2. The van der Waals surface area contributed by atoms with Crippen molar-refractivity contribution in [1.82, 2.24) is 0 Å². The SMILES string of the molecule is CC1CC=CC2=C1c1ccccc1C21C(=C/CN(c2ccc(-c3ccccc3)cc2)c2ccc3ccc4ccccc4c3c2)/C(=C\Cl)c2ccccc21. The molecule has 10 rings (SSSR count). The lowest BCUT2D eigenvalue weighted by Gasteiger charge is -2.34. The van der Waals surface area contributed by atoms with Crippen LogP contribution in [0.15, 0.2) is 193 Å². The van der Waals surface area contributed by atoms with E-state index in [-0.39, 0.29) is 0 Å². The molecule has 0 saturated carbocycles.